The fourth-order valence-corrected chi connectivity index (χ4v) is 9.21. The number of aromatic nitrogens is 6. The third kappa shape index (κ3) is 10.7. The van der Waals surface area contributed by atoms with E-state index in [1.807, 2.05) is 69.7 Å². The highest BCUT2D eigenvalue weighted by Crippen LogP contribution is 2.34. The molecule has 2 aliphatic rings. The summed E-state index contributed by atoms with van der Waals surface area (Å²) in [7, 11) is 0. The van der Waals surface area contributed by atoms with E-state index in [-0.39, 0.29) is 48.3 Å². The molecule has 4 atom stereocenters. The molecule has 2 aromatic carbocycles. The first-order valence-corrected chi connectivity index (χ1v) is 23.0. The predicted octanol–water partition coefficient (Wildman–Crippen LogP) is 4.99. The number of rotatable bonds is 15. The van der Waals surface area contributed by atoms with Crippen LogP contribution in [0.5, 0.6) is 11.6 Å². The minimum Gasteiger partial charge on any atom is -0.507 e. The van der Waals surface area contributed by atoms with Gasteiger partial charge in [-0.15, -0.1) is 21.5 Å². The molecule has 8 rings (SSSR count). The second kappa shape index (κ2) is 20.7. The highest BCUT2D eigenvalue weighted by atomic mass is 32.1. The van der Waals surface area contributed by atoms with E-state index in [0.717, 1.165) is 53.4 Å². The Kier molecular flexibility index (Phi) is 14.4. The number of hydrogen-bond acceptors (Lipinski definition) is 15. The summed E-state index contributed by atoms with van der Waals surface area (Å²) in [5.41, 5.74) is 13.5. The van der Waals surface area contributed by atoms with Crippen molar-refractivity contribution in [3.8, 4) is 56.3 Å². The molecule has 5 N–H and O–H groups in total. The Labute approximate surface area is 387 Å². The average molecular weight is 914 g/mol. The Morgan fingerprint density at radius 2 is 1.74 bits per heavy atom. The number of aromatic hydroxyl groups is 1. The highest BCUT2D eigenvalue weighted by Gasteiger charge is 2.43. The molecule has 0 bridgehead atoms. The number of β-amino-alcohol motifs (C(OH)–C–C–N with tert-alkyl or cyclic N) is 1. The number of para-hydroxylation sites is 1. The third-order valence-electron chi connectivity index (χ3n) is 12.1. The molecule has 6 heterocycles. The molecular formula is C48H55N11O6S. The van der Waals surface area contributed by atoms with Gasteiger partial charge in [-0.3, -0.25) is 24.1 Å². The number of hydrogen-bond donors (Lipinski definition) is 4. The molecule has 66 heavy (non-hydrogen) atoms. The number of aliphatic hydroxyl groups excluding tert-OH is 1. The number of carbonyl (C=O) groups is 2. The Balaban J connectivity index is 0.774. The van der Waals surface area contributed by atoms with Crippen molar-refractivity contribution in [1.82, 2.24) is 50.1 Å². The smallest absolute Gasteiger partial charge is 0.254 e. The van der Waals surface area contributed by atoms with E-state index in [0.29, 0.717) is 54.7 Å². The molecule has 2 aliphatic heterocycles. The van der Waals surface area contributed by atoms with Crippen molar-refractivity contribution in [2.75, 3.05) is 58.2 Å². The van der Waals surface area contributed by atoms with Gasteiger partial charge in [0.05, 0.1) is 46.7 Å². The first kappa shape index (κ1) is 45.9. The minimum absolute atomic E-state index is 0.0496. The van der Waals surface area contributed by atoms with Crippen LogP contribution < -0.4 is 15.8 Å². The number of phenolic OH excluding ortho intramolecular Hbond substituents is 1. The molecule has 0 unspecified atom stereocenters. The van der Waals surface area contributed by atoms with Crippen molar-refractivity contribution >= 4 is 29.0 Å². The third-order valence-corrected chi connectivity index (χ3v) is 13.1. The minimum atomic E-state index is -0.831. The number of nitrogens with two attached hydrogens (primary N) is 1. The number of carbonyl (C=O) groups excluding carboxylic acids is 2. The summed E-state index contributed by atoms with van der Waals surface area (Å²) in [6.07, 6.45) is 2.90. The molecule has 2 fully saturated rings. The van der Waals surface area contributed by atoms with Crippen LogP contribution in [0, 0.1) is 24.7 Å². The van der Waals surface area contributed by atoms with Crippen LogP contribution in [0.2, 0.25) is 0 Å². The second-order valence-corrected chi connectivity index (χ2v) is 18.0. The van der Waals surface area contributed by atoms with E-state index in [1.165, 1.54) is 4.90 Å². The van der Waals surface area contributed by atoms with Crippen molar-refractivity contribution in [3.63, 3.8) is 0 Å². The van der Waals surface area contributed by atoms with Crippen LogP contribution in [-0.2, 0) is 16.1 Å². The summed E-state index contributed by atoms with van der Waals surface area (Å²) in [6.45, 7) is 13.4. The largest absolute Gasteiger partial charge is 0.507 e. The number of thiazole rings is 1. The van der Waals surface area contributed by atoms with Gasteiger partial charge in [0.2, 0.25) is 11.8 Å². The van der Waals surface area contributed by atoms with Gasteiger partial charge >= 0.3 is 0 Å². The molecule has 0 saturated carbocycles. The maximum atomic E-state index is 14.2. The summed E-state index contributed by atoms with van der Waals surface area (Å²) >= 11 is 1.59. The Hall–Kier alpha value is -6.65. The first-order valence-electron chi connectivity index (χ1n) is 22.2. The van der Waals surface area contributed by atoms with Crippen molar-refractivity contribution in [2.45, 2.75) is 64.8 Å². The van der Waals surface area contributed by atoms with Gasteiger partial charge in [0.25, 0.3) is 5.88 Å². The summed E-state index contributed by atoms with van der Waals surface area (Å²) in [5.74, 6) is 6.00. The molecular weight excluding hydrogens is 859 g/mol. The quantitative estimate of drug-likeness (QED) is 0.1000. The number of amides is 2. The van der Waals surface area contributed by atoms with E-state index in [9.17, 15) is 19.8 Å². The normalized spacial score (nSPS) is 17.6. The van der Waals surface area contributed by atoms with Gasteiger partial charge in [-0.2, -0.15) is 5.10 Å². The topological polar surface area (TPSA) is 214 Å². The lowest BCUT2D eigenvalue weighted by atomic mass is 9.91. The molecule has 18 heteroatoms. The molecule has 17 nitrogen and oxygen atoms in total. The lowest BCUT2D eigenvalue weighted by Crippen LogP contribution is -2.48. The van der Waals surface area contributed by atoms with Gasteiger partial charge in [-0.25, -0.2) is 4.98 Å². The van der Waals surface area contributed by atoms with Crippen molar-refractivity contribution in [2.24, 2.45) is 5.92 Å². The van der Waals surface area contributed by atoms with Gasteiger partial charge in [-0.05, 0) is 54.2 Å². The summed E-state index contributed by atoms with van der Waals surface area (Å²) in [4.78, 5) is 39.4. The predicted molar refractivity (Wildman–Crippen MR) is 250 cm³/mol. The van der Waals surface area contributed by atoms with E-state index in [1.54, 1.807) is 52.5 Å². The Morgan fingerprint density at radius 3 is 2.48 bits per heavy atom. The summed E-state index contributed by atoms with van der Waals surface area (Å²) < 4.78 is 13.4. The molecule has 344 valence electrons. The zero-order valence-corrected chi connectivity index (χ0v) is 38.3. The van der Waals surface area contributed by atoms with E-state index < -0.39 is 18.1 Å². The number of nitrogens with zero attached hydrogens (tertiary/aromatic N) is 9. The van der Waals surface area contributed by atoms with Crippen LogP contribution in [0.25, 0.3) is 32.8 Å². The van der Waals surface area contributed by atoms with E-state index in [2.05, 4.69) is 52.4 Å². The average Bonchev–Trinajstić information content (AvgIpc) is 4.15. The number of nitrogens with one attached hydrogen (secondary N) is 1. The molecule has 2 saturated heterocycles. The number of benzene rings is 2. The van der Waals surface area contributed by atoms with Crippen LogP contribution in [0.1, 0.15) is 56.2 Å². The zero-order chi connectivity index (χ0) is 46.3. The molecule has 0 spiro atoms. The lowest BCUT2D eigenvalue weighted by Gasteiger charge is -2.33. The van der Waals surface area contributed by atoms with Gasteiger partial charge in [0.15, 0.2) is 11.6 Å². The number of aryl methyl sites for hydroxylation is 1. The van der Waals surface area contributed by atoms with Crippen LogP contribution >= 0.6 is 11.3 Å². The standard InChI is InChI=1S/C48H55N11O6S/c1-30(2)44(48(63)59-28-36(60)23-40(59)47(62)52-31(3)33-11-13-34(14-12-33)45-32(4)50-29-66-45)42-25-43(55-65-42)64-22-21-57-19-17-56(18-20-57)15-7-8-16-58-27-35(26-51-58)38-24-39(53-54-46(38)49)37-9-5-6-10-41(37)61/h5-6,9-14,24-27,29-31,36,40,44,60-61H,15-23,28H2,1-4H3,(H2,49,54)(H,52,62)/t31-,36+,40-,44+/m0/s1. The molecule has 2 amide bonds. The lowest BCUT2D eigenvalue weighted by molar-refractivity contribution is -0.141. The fourth-order valence-electron chi connectivity index (χ4n) is 8.40. The van der Waals surface area contributed by atoms with Gasteiger partial charge < -0.3 is 35.4 Å². The van der Waals surface area contributed by atoms with Crippen LogP contribution in [0.3, 0.4) is 0 Å². The maximum Gasteiger partial charge on any atom is 0.254 e. The van der Waals surface area contributed by atoms with Crippen LogP contribution in [0.15, 0.2) is 83.1 Å². The van der Waals surface area contributed by atoms with Crippen LogP contribution in [-0.4, -0.2) is 131 Å². The number of ether oxygens (including phenoxy) is 1. The van der Waals surface area contributed by atoms with E-state index in [4.69, 9.17) is 15.0 Å². The fraction of sp³-hybridized carbons (Fsp3) is 0.396. The second-order valence-electron chi connectivity index (χ2n) is 17.1. The van der Waals surface area contributed by atoms with Gasteiger partial charge in [0.1, 0.15) is 30.9 Å². The summed E-state index contributed by atoms with van der Waals surface area (Å²) in [6, 6.07) is 17.3. The number of nitrogen functional groups attached to an aromatic ring is 1. The monoisotopic (exact) mass is 913 g/mol. The highest BCUT2D eigenvalue weighted by molar-refractivity contribution is 7.13. The number of aliphatic hydroxyl groups is 1. The van der Waals surface area contributed by atoms with Crippen molar-refractivity contribution in [1.29, 1.82) is 0 Å². The molecule has 4 aromatic heterocycles. The van der Waals surface area contributed by atoms with Gasteiger partial charge in [0, 0.05) is 74.6 Å². The number of anilines is 1. The Morgan fingerprint density at radius 1 is 0.985 bits per heavy atom. The Bertz CT molecular complexity index is 2680. The SMILES string of the molecule is Cc1ncsc1-c1ccc([C@H](C)NC(=O)[C@@H]2C[C@@H](O)CN2C(=O)[C@@H](c2cc(OCCN3CCN(CC#CCn4cc(-c5cc(-c6ccccc6O)nnc5N)cn4)CC3)no2)C(C)C)cc1. The van der Waals surface area contributed by atoms with Crippen LogP contribution in [0.4, 0.5) is 5.82 Å². The first-order chi connectivity index (χ1) is 31.9. The maximum absolute atomic E-state index is 14.2. The number of piperazine rings is 1. The molecule has 0 aliphatic carbocycles. The molecule has 0 radical (unpaired) electrons. The van der Waals surface area contributed by atoms with Crippen molar-refractivity contribution < 1.29 is 29.1 Å². The number of likely N-dealkylation sites (tertiary alicyclic amines) is 1. The summed E-state index contributed by atoms with van der Waals surface area (Å²) in [5, 5.41) is 40.9. The zero-order valence-electron chi connectivity index (χ0n) is 37.5. The number of phenols is 1. The van der Waals surface area contributed by atoms with E-state index >= 15 is 0 Å². The van der Waals surface area contributed by atoms with Gasteiger partial charge in [-0.1, -0.05) is 62.1 Å². The van der Waals surface area contributed by atoms with Crippen molar-refractivity contribution in [3.05, 3.63) is 95.6 Å². The molecule has 6 aromatic rings.